The van der Waals surface area contributed by atoms with E-state index in [2.05, 4.69) is 51.0 Å². The minimum absolute atomic E-state index is 0.206. The zero-order chi connectivity index (χ0) is 40.6. The molecule has 14 nitrogen and oxygen atoms in total. The first-order chi connectivity index (χ1) is 28.5. The summed E-state index contributed by atoms with van der Waals surface area (Å²) in [5, 5.41) is 11.5. The molecule has 0 aliphatic rings. The number of carbonyl (C=O) groups excluding carboxylic acids is 4. The van der Waals surface area contributed by atoms with Crippen molar-refractivity contribution in [2.45, 2.75) is 0 Å². The van der Waals surface area contributed by atoms with Gasteiger partial charge in [-0.15, -0.1) is 0 Å². The smallest absolute Gasteiger partial charge is 0.269 e. The van der Waals surface area contributed by atoms with Crippen LogP contribution in [0.3, 0.4) is 0 Å². The lowest BCUT2D eigenvalue weighted by atomic mass is 10.2. The molecule has 14 heteroatoms. The van der Waals surface area contributed by atoms with E-state index in [1.807, 2.05) is 60.7 Å². The summed E-state index contributed by atoms with van der Waals surface area (Å²) >= 11 is 0. The average Bonchev–Trinajstić information content (AvgIpc) is 3.29. The molecule has 58 heavy (non-hydrogen) atoms. The lowest BCUT2D eigenvalue weighted by molar-refractivity contribution is 0.0939. The van der Waals surface area contributed by atoms with E-state index in [0.29, 0.717) is 75.1 Å². The Morgan fingerprint density at radius 3 is 0.810 bits per heavy atom. The third-order valence-electron chi connectivity index (χ3n) is 8.50. The molecular weight excluding hydrogens is 733 g/mol. The van der Waals surface area contributed by atoms with E-state index in [4.69, 9.17) is 0 Å². The van der Waals surface area contributed by atoms with Crippen LogP contribution in [0.15, 0.2) is 158 Å². The van der Waals surface area contributed by atoms with E-state index in [9.17, 15) is 19.2 Å². The predicted molar refractivity (Wildman–Crippen MR) is 224 cm³/mol. The molecule has 6 rings (SSSR count). The van der Waals surface area contributed by atoms with E-state index in [0.717, 1.165) is 11.4 Å². The molecule has 0 unspecified atom stereocenters. The van der Waals surface area contributed by atoms with Gasteiger partial charge in [0.1, 0.15) is 22.8 Å². The normalized spacial score (nSPS) is 10.2. The van der Waals surface area contributed by atoms with Gasteiger partial charge in [0, 0.05) is 88.5 Å². The van der Waals surface area contributed by atoms with Gasteiger partial charge >= 0.3 is 0 Å². The molecule has 4 amide bonds. The van der Waals surface area contributed by atoms with E-state index in [-0.39, 0.29) is 23.6 Å². The van der Waals surface area contributed by atoms with E-state index in [1.54, 1.807) is 97.6 Å². The van der Waals surface area contributed by atoms with Crippen LogP contribution >= 0.6 is 0 Å². The molecule has 0 saturated carbocycles. The van der Waals surface area contributed by atoms with Crippen molar-refractivity contribution in [3.8, 4) is 0 Å². The summed E-state index contributed by atoms with van der Waals surface area (Å²) in [6.07, 6.45) is 6.37. The number of rotatable bonds is 18. The number of aromatic nitrogens is 4. The first-order valence-electron chi connectivity index (χ1n) is 18.8. The van der Waals surface area contributed by atoms with Gasteiger partial charge in [-0.3, -0.25) is 39.1 Å². The SMILES string of the molecule is O=C(NCCN(CCNC(=O)c1ccccn1)c1ccccc1)c1ccccn1.O=C(NCCN(CCNC(=O)c1ccccn1)c1ccccc1)c1ccccn1. The number of para-hydroxylation sites is 2. The Bertz CT molecular complexity index is 1850. The van der Waals surface area contributed by atoms with Crippen molar-refractivity contribution >= 4 is 35.0 Å². The zero-order valence-electron chi connectivity index (χ0n) is 32.0. The predicted octanol–water partition coefficient (Wildman–Crippen LogP) is 4.29. The van der Waals surface area contributed by atoms with Crippen LogP contribution in [0.2, 0.25) is 0 Å². The quantitative estimate of drug-likeness (QED) is 0.0986. The monoisotopic (exact) mass is 778 g/mol. The van der Waals surface area contributed by atoms with Gasteiger partial charge in [-0.1, -0.05) is 60.7 Å². The molecule has 4 aromatic heterocycles. The number of pyridine rings is 4. The topological polar surface area (TPSA) is 174 Å². The second-order valence-electron chi connectivity index (χ2n) is 12.5. The van der Waals surface area contributed by atoms with Gasteiger partial charge in [-0.25, -0.2) is 0 Å². The molecule has 0 radical (unpaired) electrons. The highest BCUT2D eigenvalue weighted by molar-refractivity contribution is 5.93. The molecule has 0 spiro atoms. The van der Waals surface area contributed by atoms with Crippen molar-refractivity contribution in [1.82, 2.24) is 41.2 Å². The maximum atomic E-state index is 12.2. The van der Waals surface area contributed by atoms with E-state index in [1.165, 1.54) is 0 Å². The lowest BCUT2D eigenvalue weighted by Crippen LogP contribution is -2.40. The highest BCUT2D eigenvalue weighted by Gasteiger charge is 2.13. The largest absolute Gasteiger partial charge is 0.368 e. The van der Waals surface area contributed by atoms with Crippen molar-refractivity contribution in [3.63, 3.8) is 0 Å². The summed E-state index contributed by atoms with van der Waals surface area (Å²) < 4.78 is 0. The Balaban J connectivity index is 0.000000221. The highest BCUT2D eigenvalue weighted by Crippen LogP contribution is 2.13. The second-order valence-corrected chi connectivity index (χ2v) is 12.5. The fourth-order valence-electron chi connectivity index (χ4n) is 5.59. The summed E-state index contributed by atoms with van der Waals surface area (Å²) in [5.74, 6) is -0.826. The van der Waals surface area contributed by atoms with E-state index < -0.39 is 0 Å². The van der Waals surface area contributed by atoms with Crippen molar-refractivity contribution in [3.05, 3.63) is 181 Å². The van der Waals surface area contributed by atoms with Crippen LogP contribution in [0.5, 0.6) is 0 Å². The molecule has 4 N–H and O–H groups in total. The molecule has 0 bridgehead atoms. The number of anilines is 2. The summed E-state index contributed by atoms with van der Waals surface area (Å²) in [7, 11) is 0. The van der Waals surface area contributed by atoms with Gasteiger partial charge in [-0.05, 0) is 72.8 Å². The van der Waals surface area contributed by atoms with Crippen LogP contribution in [-0.4, -0.2) is 95.9 Å². The molecule has 4 heterocycles. The maximum absolute atomic E-state index is 12.2. The fourth-order valence-corrected chi connectivity index (χ4v) is 5.59. The second kappa shape index (κ2) is 23.4. The summed E-state index contributed by atoms with van der Waals surface area (Å²) in [5.41, 5.74) is 3.60. The third-order valence-corrected chi connectivity index (χ3v) is 8.50. The molecule has 0 fully saturated rings. The van der Waals surface area contributed by atoms with Crippen LogP contribution in [0.4, 0.5) is 11.4 Å². The third kappa shape index (κ3) is 14.0. The minimum Gasteiger partial charge on any atom is -0.368 e. The molecule has 0 aliphatic carbocycles. The first-order valence-corrected chi connectivity index (χ1v) is 18.8. The Morgan fingerprint density at radius 2 is 0.586 bits per heavy atom. The van der Waals surface area contributed by atoms with Gasteiger partial charge in [0.05, 0.1) is 0 Å². The average molecular weight is 779 g/mol. The van der Waals surface area contributed by atoms with Crippen LogP contribution in [-0.2, 0) is 0 Å². The van der Waals surface area contributed by atoms with Crippen LogP contribution in [0.1, 0.15) is 42.0 Å². The van der Waals surface area contributed by atoms with Gasteiger partial charge in [0.25, 0.3) is 23.6 Å². The molecule has 0 aliphatic heterocycles. The molecule has 296 valence electrons. The Kier molecular flexibility index (Phi) is 16.8. The molecular formula is C44H46N10O4. The fraction of sp³-hybridized carbons (Fsp3) is 0.182. The minimum atomic E-state index is -0.206. The Hall–Kier alpha value is -7.48. The van der Waals surface area contributed by atoms with Crippen molar-refractivity contribution in [2.75, 3.05) is 62.2 Å². The van der Waals surface area contributed by atoms with Crippen LogP contribution < -0.4 is 31.1 Å². The molecule has 0 saturated heterocycles. The lowest BCUT2D eigenvalue weighted by Gasteiger charge is -2.25. The Labute approximate surface area is 337 Å². The van der Waals surface area contributed by atoms with Gasteiger partial charge in [-0.2, -0.15) is 0 Å². The van der Waals surface area contributed by atoms with Crippen molar-refractivity contribution < 1.29 is 19.2 Å². The van der Waals surface area contributed by atoms with E-state index >= 15 is 0 Å². The summed E-state index contributed by atoms with van der Waals surface area (Å²) in [6.45, 7) is 4.22. The number of nitrogens with zero attached hydrogens (tertiary/aromatic N) is 6. The van der Waals surface area contributed by atoms with Gasteiger partial charge < -0.3 is 31.1 Å². The van der Waals surface area contributed by atoms with Crippen molar-refractivity contribution in [1.29, 1.82) is 0 Å². The van der Waals surface area contributed by atoms with Crippen LogP contribution in [0.25, 0.3) is 0 Å². The summed E-state index contributed by atoms with van der Waals surface area (Å²) in [4.78, 5) is 69.1. The van der Waals surface area contributed by atoms with Gasteiger partial charge in [0.15, 0.2) is 0 Å². The number of benzene rings is 2. The van der Waals surface area contributed by atoms with Gasteiger partial charge in [0.2, 0.25) is 0 Å². The number of amides is 4. The maximum Gasteiger partial charge on any atom is 0.269 e. The summed E-state index contributed by atoms with van der Waals surface area (Å²) in [6, 6.07) is 40.7. The molecule has 6 aromatic rings. The zero-order valence-corrected chi connectivity index (χ0v) is 32.0. The molecule has 2 aromatic carbocycles. The highest BCUT2D eigenvalue weighted by atomic mass is 16.2. The number of nitrogens with one attached hydrogen (secondary N) is 4. The van der Waals surface area contributed by atoms with Crippen LogP contribution in [0, 0.1) is 0 Å². The first kappa shape index (κ1) is 41.7. The Morgan fingerprint density at radius 1 is 0.345 bits per heavy atom. The van der Waals surface area contributed by atoms with Crippen molar-refractivity contribution in [2.24, 2.45) is 0 Å². The number of hydrogen-bond acceptors (Lipinski definition) is 10. The standard InChI is InChI=1S/2C22H23N5O2/c2*28-21(19-10-4-6-12-23-19)25-14-16-27(18-8-2-1-3-9-18)17-15-26-22(29)20-11-5-7-13-24-20/h2*1-13H,14-17H2,(H,25,28)(H,26,29). The molecule has 0 atom stereocenters. The number of hydrogen-bond donors (Lipinski definition) is 4. The number of carbonyl (C=O) groups is 4.